The average Bonchev–Trinajstić information content (AvgIpc) is 2.46. The third-order valence-electron chi connectivity index (χ3n) is 2.42. The fourth-order valence-electron chi connectivity index (χ4n) is 1.58. The number of halogens is 2. The van der Waals surface area contributed by atoms with Crippen LogP contribution in [0.15, 0.2) is 16.7 Å². The number of aryl methyl sites for hydroxylation is 2. The summed E-state index contributed by atoms with van der Waals surface area (Å²) < 4.78 is 2.74. The molecule has 0 spiro atoms. The van der Waals surface area contributed by atoms with Crippen molar-refractivity contribution in [3.05, 3.63) is 38.7 Å². The van der Waals surface area contributed by atoms with Crippen molar-refractivity contribution in [2.45, 2.75) is 20.8 Å². The van der Waals surface area contributed by atoms with Crippen molar-refractivity contribution in [3.63, 3.8) is 0 Å². The Bertz CT molecular complexity index is 548. The molecule has 2 rings (SSSR count). The number of hydrogen-bond donors (Lipinski definition) is 0. The Labute approximate surface area is 108 Å². The number of hydrogen-bond acceptors (Lipinski definition) is 2. The van der Waals surface area contributed by atoms with Gasteiger partial charge in [-0.3, -0.25) is 0 Å². The Morgan fingerprint density at radius 1 is 1.31 bits per heavy atom. The molecule has 0 aromatic carbocycles. The molecule has 0 radical (unpaired) electrons. The highest BCUT2D eigenvalue weighted by atomic mass is 79.9. The summed E-state index contributed by atoms with van der Waals surface area (Å²) in [5.74, 6) is 0.815. The summed E-state index contributed by atoms with van der Waals surface area (Å²) in [6.07, 6.45) is 1.76. The fraction of sp³-hybridized carbons (Fsp3) is 0.273. The zero-order chi connectivity index (χ0) is 11.9. The van der Waals surface area contributed by atoms with Crippen LogP contribution in [0.2, 0.25) is 5.02 Å². The van der Waals surface area contributed by atoms with Crippen LogP contribution in [0.3, 0.4) is 0 Å². The molecule has 0 saturated carbocycles. The lowest BCUT2D eigenvalue weighted by Gasteiger charge is -2.06. The SMILES string of the molecule is Cc1cc(Br)cnc1-n1nc(C)c(Cl)c1C. The van der Waals surface area contributed by atoms with Gasteiger partial charge in [-0.15, -0.1) is 0 Å². The van der Waals surface area contributed by atoms with Gasteiger partial charge in [-0.2, -0.15) is 5.10 Å². The highest BCUT2D eigenvalue weighted by Crippen LogP contribution is 2.23. The van der Waals surface area contributed by atoms with Crippen LogP contribution in [0.1, 0.15) is 17.0 Å². The molecule has 0 fully saturated rings. The van der Waals surface area contributed by atoms with Crippen LogP contribution < -0.4 is 0 Å². The van der Waals surface area contributed by atoms with E-state index in [0.29, 0.717) is 5.02 Å². The second kappa shape index (κ2) is 4.18. The highest BCUT2D eigenvalue weighted by molar-refractivity contribution is 9.10. The Kier molecular flexibility index (Phi) is 3.04. The van der Waals surface area contributed by atoms with Crippen molar-refractivity contribution in [2.75, 3.05) is 0 Å². The van der Waals surface area contributed by atoms with Crippen molar-refractivity contribution < 1.29 is 0 Å². The molecule has 0 aliphatic heterocycles. The van der Waals surface area contributed by atoms with E-state index in [1.807, 2.05) is 26.8 Å². The molecule has 84 valence electrons. The van der Waals surface area contributed by atoms with Crippen LogP contribution >= 0.6 is 27.5 Å². The molecule has 0 aliphatic rings. The largest absolute Gasteiger partial charge is 0.236 e. The molecule has 0 saturated heterocycles. The van der Waals surface area contributed by atoms with Crippen LogP contribution in [0.5, 0.6) is 0 Å². The Balaban J connectivity index is 2.63. The normalized spacial score (nSPS) is 10.8. The number of aromatic nitrogens is 3. The van der Waals surface area contributed by atoms with Gasteiger partial charge in [0.05, 0.1) is 16.4 Å². The van der Waals surface area contributed by atoms with Crippen LogP contribution in [-0.2, 0) is 0 Å². The van der Waals surface area contributed by atoms with E-state index >= 15 is 0 Å². The summed E-state index contributed by atoms with van der Waals surface area (Å²) in [6.45, 7) is 5.82. The van der Waals surface area contributed by atoms with E-state index in [9.17, 15) is 0 Å². The molecule has 0 N–H and O–H groups in total. The predicted octanol–water partition coefficient (Wildman–Crippen LogP) is 3.61. The lowest BCUT2D eigenvalue weighted by atomic mass is 10.3. The Hall–Kier alpha value is -0.870. The monoisotopic (exact) mass is 299 g/mol. The molecule has 2 heterocycles. The Morgan fingerprint density at radius 2 is 2.00 bits per heavy atom. The molecule has 0 amide bonds. The van der Waals surface area contributed by atoms with Crippen molar-refractivity contribution in [1.29, 1.82) is 0 Å². The van der Waals surface area contributed by atoms with E-state index in [0.717, 1.165) is 27.2 Å². The minimum absolute atomic E-state index is 0.698. The lowest BCUT2D eigenvalue weighted by molar-refractivity contribution is 0.798. The lowest BCUT2D eigenvalue weighted by Crippen LogP contribution is -2.04. The van der Waals surface area contributed by atoms with E-state index in [1.165, 1.54) is 0 Å². The van der Waals surface area contributed by atoms with E-state index in [4.69, 9.17) is 11.6 Å². The number of pyridine rings is 1. The third-order valence-corrected chi connectivity index (χ3v) is 3.40. The smallest absolute Gasteiger partial charge is 0.156 e. The topological polar surface area (TPSA) is 30.7 Å². The summed E-state index contributed by atoms with van der Waals surface area (Å²) in [5.41, 5.74) is 2.79. The summed E-state index contributed by atoms with van der Waals surface area (Å²) in [4.78, 5) is 4.36. The molecule has 2 aromatic heterocycles. The van der Waals surface area contributed by atoms with Crippen LogP contribution in [-0.4, -0.2) is 14.8 Å². The minimum atomic E-state index is 0.698. The molecule has 0 atom stereocenters. The third kappa shape index (κ3) is 1.87. The van der Waals surface area contributed by atoms with E-state index < -0.39 is 0 Å². The summed E-state index contributed by atoms with van der Waals surface area (Å²) >= 11 is 9.50. The van der Waals surface area contributed by atoms with Crippen LogP contribution in [0.25, 0.3) is 5.82 Å². The maximum Gasteiger partial charge on any atom is 0.156 e. The molecule has 0 bridgehead atoms. The molecule has 0 aliphatic carbocycles. The van der Waals surface area contributed by atoms with Gasteiger partial charge in [0.1, 0.15) is 0 Å². The van der Waals surface area contributed by atoms with Gasteiger partial charge in [0.2, 0.25) is 0 Å². The zero-order valence-corrected chi connectivity index (χ0v) is 11.6. The van der Waals surface area contributed by atoms with Gasteiger partial charge >= 0.3 is 0 Å². The predicted molar refractivity (Wildman–Crippen MR) is 68.3 cm³/mol. The second-order valence-electron chi connectivity index (χ2n) is 3.69. The van der Waals surface area contributed by atoms with Gasteiger partial charge in [-0.25, -0.2) is 9.67 Å². The standard InChI is InChI=1S/C11H11BrClN3/c1-6-4-9(12)5-14-11(6)16-8(3)10(13)7(2)15-16/h4-5H,1-3H3. The first-order valence-corrected chi connectivity index (χ1v) is 6.02. The Morgan fingerprint density at radius 3 is 2.50 bits per heavy atom. The molecule has 16 heavy (non-hydrogen) atoms. The highest BCUT2D eigenvalue weighted by Gasteiger charge is 2.13. The van der Waals surface area contributed by atoms with Gasteiger partial charge in [0.15, 0.2) is 5.82 Å². The zero-order valence-electron chi connectivity index (χ0n) is 9.25. The maximum atomic E-state index is 6.11. The van der Waals surface area contributed by atoms with Gasteiger partial charge in [-0.05, 0) is 48.3 Å². The fourth-order valence-corrected chi connectivity index (χ4v) is 2.15. The maximum absolute atomic E-state index is 6.11. The minimum Gasteiger partial charge on any atom is -0.236 e. The number of nitrogens with zero attached hydrogens (tertiary/aromatic N) is 3. The van der Waals surface area contributed by atoms with Crippen molar-refractivity contribution >= 4 is 27.5 Å². The molecular formula is C11H11BrClN3. The molecule has 2 aromatic rings. The van der Waals surface area contributed by atoms with Crippen molar-refractivity contribution in [1.82, 2.24) is 14.8 Å². The summed E-state index contributed by atoms with van der Waals surface area (Å²) in [6, 6.07) is 2.01. The molecular weight excluding hydrogens is 289 g/mol. The first-order valence-electron chi connectivity index (χ1n) is 4.85. The van der Waals surface area contributed by atoms with Gasteiger partial charge in [-0.1, -0.05) is 11.6 Å². The summed E-state index contributed by atoms with van der Waals surface area (Å²) in [7, 11) is 0. The summed E-state index contributed by atoms with van der Waals surface area (Å²) in [5, 5.41) is 5.08. The van der Waals surface area contributed by atoms with Crippen molar-refractivity contribution in [3.8, 4) is 5.82 Å². The van der Waals surface area contributed by atoms with E-state index in [2.05, 4.69) is 26.0 Å². The first kappa shape index (κ1) is 11.6. The van der Waals surface area contributed by atoms with Crippen molar-refractivity contribution in [2.24, 2.45) is 0 Å². The van der Waals surface area contributed by atoms with Gasteiger partial charge < -0.3 is 0 Å². The number of rotatable bonds is 1. The molecule has 5 heteroatoms. The molecule has 0 unspecified atom stereocenters. The molecule has 3 nitrogen and oxygen atoms in total. The van der Waals surface area contributed by atoms with Gasteiger partial charge in [0.25, 0.3) is 0 Å². The van der Waals surface area contributed by atoms with Crippen LogP contribution in [0.4, 0.5) is 0 Å². The van der Waals surface area contributed by atoms with E-state index in [1.54, 1.807) is 10.9 Å². The quantitative estimate of drug-likeness (QED) is 0.805. The van der Waals surface area contributed by atoms with Crippen LogP contribution in [0, 0.1) is 20.8 Å². The van der Waals surface area contributed by atoms with E-state index in [-0.39, 0.29) is 0 Å². The second-order valence-corrected chi connectivity index (χ2v) is 4.98. The first-order chi connectivity index (χ1) is 7.50. The average molecular weight is 301 g/mol. The van der Waals surface area contributed by atoms with Gasteiger partial charge in [0, 0.05) is 10.7 Å².